The van der Waals surface area contributed by atoms with Crippen LogP contribution in [0.5, 0.6) is 17.2 Å². The molecule has 2 heterocycles. The van der Waals surface area contributed by atoms with E-state index in [-0.39, 0.29) is 11.9 Å². The number of nitrogens with one attached hydrogen (secondary N) is 4. The number of hydrogen-bond acceptors (Lipinski definition) is 7. The van der Waals surface area contributed by atoms with Gasteiger partial charge in [-0.2, -0.15) is 0 Å². The van der Waals surface area contributed by atoms with E-state index in [0.29, 0.717) is 52.9 Å². The van der Waals surface area contributed by atoms with Gasteiger partial charge in [-0.15, -0.1) is 0 Å². The van der Waals surface area contributed by atoms with Crippen molar-refractivity contribution in [1.82, 2.24) is 15.6 Å². The molecule has 2 aromatic carbocycles. The van der Waals surface area contributed by atoms with Gasteiger partial charge in [0.2, 0.25) is 0 Å². The first-order chi connectivity index (χ1) is 18.3. The van der Waals surface area contributed by atoms with Crippen molar-refractivity contribution in [2.24, 2.45) is 0 Å². The summed E-state index contributed by atoms with van der Waals surface area (Å²) in [6, 6.07) is 16.5. The SMILES string of the molecule is CCNC(=O)Nc1ccc(Oc2ccnc(NC(=O)c3ccc(N4C[C@@H](C)N[C@@H](C)C4)cc3)c2)c(OC)c1. The molecule has 3 aromatic rings. The van der Waals surface area contributed by atoms with Crippen molar-refractivity contribution in [2.45, 2.75) is 32.9 Å². The Labute approximate surface area is 222 Å². The quantitative estimate of drug-likeness (QED) is 0.348. The number of amides is 3. The molecule has 1 aliphatic heterocycles. The van der Waals surface area contributed by atoms with Crippen LogP contribution in [0, 0.1) is 0 Å². The van der Waals surface area contributed by atoms with Gasteiger partial charge < -0.3 is 35.6 Å². The summed E-state index contributed by atoms with van der Waals surface area (Å²) < 4.78 is 11.4. The number of ether oxygens (including phenoxy) is 2. The molecule has 10 heteroatoms. The summed E-state index contributed by atoms with van der Waals surface area (Å²) in [4.78, 5) is 31.2. The minimum absolute atomic E-state index is 0.262. The summed E-state index contributed by atoms with van der Waals surface area (Å²) in [6.07, 6.45) is 1.55. The highest BCUT2D eigenvalue weighted by molar-refractivity contribution is 6.04. The van der Waals surface area contributed by atoms with Crippen molar-refractivity contribution in [2.75, 3.05) is 42.3 Å². The molecule has 4 N–H and O–H groups in total. The zero-order valence-electron chi connectivity index (χ0n) is 22.1. The second kappa shape index (κ2) is 12.3. The maximum atomic E-state index is 12.9. The monoisotopic (exact) mass is 518 g/mol. The number of carbonyl (C=O) groups excluding carboxylic acids is 2. The van der Waals surface area contributed by atoms with Crippen molar-refractivity contribution in [1.29, 1.82) is 0 Å². The fourth-order valence-corrected chi connectivity index (χ4v) is 4.39. The number of benzene rings is 2. The average molecular weight is 519 g/mol. The van der Waals surface area contributed by atoms with E-state index < -0.39 is 0 Å². The minimum Gasteiger partial charge on any atom is -0.493 e. The van der Waals surface area contributed by atoms with Crippen LogP contribution >= 0.6 is 0 Å². The van der Waals surface area contributed by atoms with Gasteiger partial charge >= 0.3 is 6.03 Å². The van der Waals surface area contributed by atoms with Gasteiger partial charge in [0.15, 0.2) is 11.5 Å². The van der Waals surface area contributed by atoms with Gasteiger partial charge in [-0.05, 0) is 63.2 Å². The molecule has 0 unspecified atom stereocenters. The summed E-state index contributed by atoms with van der Waals surface area (Å²) in [6.45, 7) is 8.55. The number of urea groups is 1. The number of carbonyl (C=O) groups is 2. The van der Waals surface area contributed by atoms with Crippen LogP contribution in [-0.2, 0) is 0 Å². The van der Waals surface area contributed by atoms with E-state index in [9.17, 15) is 9.59 Å². The number of nitrogens with zero attached hydrogens (tertiary/aromatic N) is 2. The maximum Gasteiger partial charge on any atom is 0.319 e. The third-order valence-corrected chi connectivity index (χ3v) is 6.01. The topological polar surface area (TPSA) is 117 Å². The molecule has 1 saturated heterocycles. The zero-order valence-corrected chi connectivity index (χ0v) is 22.1. The molecular formula is C28H34N6O4. The Morgan fingerprint density at radius 3 is 2.42 bits per heavy atom. The highest BCUT2D eigenvalue weighted by atomic mass is 16.5. The van der Waals surface area contributed by atoms with Gasteiger partial charge in [-0.25, -0.2) is 9.78 Å². The van der Waals surface area contributed by atoms with Crippen LogP contribution < -0.4 is 35.6 Å². The molecule has 4 rings (SSSR count). The van der Waals surface area contributed by atoms with Crippen LogP contribution in [0.1, 0.15) is 31.1 Å². The number of piperazine rings is 1. The van der Waals surface area contributed by atoms with Crippen LogP contribution in [0.15, 0.2) is 60.8 Å². The van der Waals surface area contributed by atoms with Crippen LogP contribution in [0.25, 0.3) is 0 Å². The second-order valence-corrected chi connectivity index (χ2v) is 9.20. The lowest BCUT2D eigenvalue weighted by atomic mass is 10.1. The third kappa shape index (κ3) is 6.92. The number of hydrogen-bond donors (Lipinski definition) is 4. The van der Waals surface area contributed by atoms with Crippen molar-refractivity contribution in [3.05, 3.63) is 66.4 Å². The molecule has 0 bridgehead atoms. The fraction of sp³-hybridized carbons (Fsp3) is 0.321. The van der Waals surface area contributed by atoms with Crippen molar-refractivity contribution < 1.29 is 19.1 Å². The number of rotatable bonds is 8. The Balaban J connectivity index is 1.40. The first-order valence-electron chi connectivity index (χ1n) is 12.6. The predicted octanol–water partition coefficient (Wildman–Crippen LogP) is 4.46. The fourth-order valence-electron chi connectivity index (χ4n) is 4.39. The highest BCUT2D eigenvalue weighted by Gasteiger charge is 2.21. The lowest BCUT2D eigenvalue weighted by molar-refractivity contribution is 0.102. The van der Waals surface area contributed by atoms with Gasteiger partial charge in [-0.3, -0.25) is 4.79 Å². The Kier molecular flexibility index (Phi) is 8.65. The van der Waals surface area contributed by atoms with Gasteiger partial charge in [0.1, 0.15) is 11.6 Å². The van der Waals surface area contributed by atoms with Crippen molar-refractivity contribution in [3.63, 3.8) is 0 Å². The lowest BCUT2D eigenvalue weighted by Crippen LogP contribution is -2.54. The molecule has 2 atom stereocenters. The van der Waals surface area contributed by atoms with E-state index in [1.807, 2.05) is 31.2 Å². The summed E-state index contributed by atoms with van der Waals surface area (Å²) in [5.74, 6) is 1.45. The molecule has 0 aliphatic carbocycles. The Morgan fingerprint density at radius 1 is 1.00 bits per heavy atom. The normalized spacial score (nSPS) is 16.9. The molecular weight excluding hydrogens is 484 g/mol. The summed E-state index contributed by atoms with van der Waals surface area (Å²) >= 11 is 0. The standard InChI is InChI=1S/C28H34N6O4/c1-5-29-28(36)32-21-8-11-24(25(14-21)37-4)38-23-12-13-30-26(15-23)33-27(35)20-6-9-22(10-7-20)34-16-18(2)31-19(3)17-34/h6-15,18-19,31H,5,16-17H2,1-4H3,(H2,29,32,36)(H,30,33,35)/t18-,19+. The molecule has 1 fully saturated rings. The molecule has 1 aliphatic rings. The van der Waals surface area contributed by atoms with Crippen LogP contribution in [0.3, 0.4) is 0 Å². The number of methoxy groups -OCH3 is 1. The molecule has 0 radical (unpaired) electrons. The van der Waals surface area contributed by atoms with Crippen LogP contribution in [-0.4, -0.2) is 55.8 Å². The minimum atomic E-state index is -0.305. The lowest BCUT2D eigenvalue weighted by Gasteiger charge is -2.37. The van der Waals surface area contributed by atoms with E-state index in [1.165, 1.54) is 7.11 Å². The first-order valence-corrected chi connectivity index (χ1v) is 12.6. The molecule has 3 amide bonds. The van der Waals surface area contributed by atoms with Gasteiger partial charge in [0, 0.05) is 67.0 Å². The first kappa shape index (κ1) is 26.7. The number of aromatic nitrogens is 1. The van der Waals surface area contributed by atoms with Crippen LogP contribution in [0.2, 0.25) is 0 Å². The molecule has 10 nitrogen and oxygen atoms in total. The van der Waals surface area contributed by atoms with E-state index >= 15 is 0 Å². The van der Waals surface area contributed by atoms with Gasteiger partial charge in [-0.1, -0.05) is 0 Å². The summed E-state index contributed by atoms with van der Waals surface area (Å²) in [7, 11) is 1.52. The van der Waals surface area contributed by atoms with E-state index in [2.05, 4.69) is 45.0 Å². The van der Waals surface area contributed by atoms with E-state index in [4.69, 9.17) is 9.47 Å². The molecule has 1 aromatic heterocycles. The predicted molar refractivity (Wildman–Crippen MR) is 149 cm³/mol. The molecule has 0 saturated carbocycles. The zero-order chi connectivity index (χ0) is 27.1. The number of anilines is 3. The Bertz CT molecular complexity index is 1260. The van der Waals surface area contributed by atoms with Crippen molar-refractivity contribution >= 4 is 29.1 Å². The van der Waals surface area contributed by atoms with E-state index in [0.717, 1.165) is 18.8 Å². The third-order valence-electron chi connectivity index (χ3n) is 6.01. The molecule has 200 valence electrons. The largest absolute Gasteiger partial charge is 0.493 e. The molecule has 0 spiro atoms. The highest BCUT2D eigenvalue weighted by Crippen LogP contribution is 2.34. The maximum absolute atomic E-state index is 12.9. The average Bonchev–Trinajstić information content (AvgIpc) is 2.89. The molecule has 38 heavy (non-hydrogen) atoms. The second-order valence-electron chi connectivity index (χ2n) is 9.20. The smallest absolute Gasteiger partial charge is 0.319 e. The summed E-state index contributed by atoms with van der Waals surface area (Å²) in [5, 5.41) is 11.8. The number of pyridine rings is 1. The van der Waals surface area contributed by atoms with Crippen LogP contribution in [0.4, 0.5) is 22.0 Å². The summed E-state index contributed by atoms with van der Waals surface area (Å²) in [5.41, 5.74) is 2.20. The Hall–Kier alpha value is -4.31. The van der Waals surface area contributed by atoms with Gasteiger partial charge in [0.25, 0.3) is 5.91 Å². The van der Waals surface area contributed by atoms with Gasteiger partial charge in [0.05, 0.1) is 7.11 Å². The Morgan fingerprint density at radius 2 is 1.74 bits per heavy atom. The van der Waals surface area contributed by atoms with E-state index in [1.54, 1.807) is 36.5 Å². The van der Waals surface area contributed by atoms with Crippen molar-refractivity contribution in [3.8, 4) is 17.2 Å².